The number of ether oxygens (including phenoxy) is 1. The number of nitrogens with zero attached hydrogens (tertiary/aromatic N) is 1. The average Bonchev–Trinajstić information content (AvgIpc) is 2.38. The summed E-state index contributed by atoms with van der Waals surface area (Å²) >= 11 is 0. The number of methoxy groups -OCH3 is 1. The van der Waals surface area contributed by atoms with Crippen molar-refractivity contribution in [2.45, 2.75) is 45.1 Å². The summed E-state index contributed by atoms with van der Waals surface area (Å²) in [4.78, 5) is 12.0. The Balaban J connectivity index is 5.52. The molecule has 22 heavy (non-hydrogen) atoms. The molecule has 0 N–H and O–H groups in total. The molecule has 5 nitrogen and oxygen atoms in total. The molecule has 0 aliphatic heterocycles. The van der Waals surface area contributed by atoms with Crippen molar-refractivity contribution in [1.29, 1.82) is 0 Å². The quantitative estimate of drug-likeness (QED) is 0.346. The van der Waals surface area contributed by atoms with Gasteiger partial charge in [0.05, 0.1) is 12.9 Å². The van der Waals surface area contributed by atoms with Crippen LogP contribution in [0.1, 0.15) is 13.3 Å². The number of hydrogen-bond acceptors (Lipinski definition) is 4. The third-order valence-corrected chi connectivity index (χ3v) is 7.03. The summed E-state index contributed by atoms with van der Waals surface area (Å²) in [6.07, 6.45) is 1.74. The molecule has 0 aliphatic rings. The summed E-state index contributed by atoms with van der Waals surface area (Å²) in [5.74, 6) is -0.529. The van der Waals surface area contributed by atoms with Gasteiger partial charge in [-0.15, -0.1) is 6.58 Å². The predicted octanol–water partition coefficient (Wildman–Crippen LogP) is 2.65. The lowest BCUT2D eigenvalue weighted by molar-refractivity contribution is -0.144. The van der Waals surface area contributed by atoms with E-state index in [1.807, 2.05) is 0 Å². The van der Waals surface area contributed by atoms with Crippen LogP contribution in [0, 0.1) is 0 Å². The molecule has 0 aromatic heterocycles. The lowest BCUT2D eigenvalue weighted by atomic mass is 10.2. The highest BCUT2D eigenvalue weighted by molar-refractivity contribution is 7.89. The first kappa shape index (κ1) is 21.1. The van der Waals surface area contributed by atoms with E-state index in [2.05, 4.69) is 32.8 Å². The molecule has 0 saturated heterocycles. The topological polar surface area (TPSA) is 63.7 Å². The maximum absolute atomic E-state index is 12.7. The van der Waals surface area contributed by atoms with Crippen LogP contribution in [0.2, 0.25) is 25.7 Å². The number of rotatable bonds is 10. The van der Waals surface area contributed by atoms with Crippen LogP contribution < -0.4 is 0 Å². The number of carbonyl (C=O) groups excluding carboxylic acids is 1. The molecule has 1 unspecified atom stereocenters. The summed E-state index contributed by atoms with van der Waals surface area (Å²) in [7, 11) is -3.82. The minimum atomic E-state index is -3.57. The molecule has 0 amide bonds. The summed E-state index contributed by atoms with van der Waals surface area (Å²) in [5, 5.41) is 0. The Labute approximate surface area is 136 Å². The highest BCUT2D eigenvalue weighted by Crippen LogP contribution is 2.19. The van der Waals surface area contributed by atoms with Gasteiger partial charge in [-0.1, -0.05) is 37.9 Å². The van der Waals surface area contributed by atoms with Crippen LogP contribution in [0.3, 0.4) is 0 Å². The molecule has 0 aromatic carbocycles. The maximum atomic E-state index is 12.7. The molecule has 7 heteroatoms. The van der Waals surface area contributed by atoms with E-state index in [1.54, 1.807) is 6.92 Å². The second-order valence-electron chi connectivity index (χ2n) is 6.69. The van der Waals surface area contributed by atoms with Crippen LogP contribution in [0.5, 0.6) is 0 Å². The lowest BCUT2D eigenvalue weighted by Gasteiger charge is -2.29. The molecular weight excluding hydrogens is 318 g/mol. The fourth-order valence-corrected chi connectivity index (χ4v) is 6.54. The van der Waals surface area contributed by atoms with Gasteiger partial charge >= 0.3 is 5.97 Å². The van der Waals surface area contributed by atoms with Crippen LogP contribution in [0.4, 0.5) is 0 Å². The molecule has 0 saturated carbocycles. The zero-order valence-electron chi connectivity index (χ0n) is 14.4. The van der Waals surface area contributed by atoms with Crippen molar-refractivity contribution in [3.8, 4) is 0 Å². The highest BCUT2D eigenvalue weighted by Gasteiger charge is 2.35. The van der Waals surface area contributed by atoms with Gasteiger partial charge in [-0.05, 0) is 19.4 Å². The summed E-state index contributed by atoms with van der Waals surface area (Å²) < 4.78 is 31.4. The van der Waals surface area contributed by atoms with E-state index in [-0.39, 0.29) is 18.7 Å². The van der Waals surface area contributed by atoms with Gasteiger partial charge in [0.15, 0.2) is 0 Å². The van der Waals surface area contributed by atoms with Gasteiger partial charge in [-0.2, -0.15) is 4.31 Å². The standard InChI is InChI=1S/C15H29NO4SSi/c1-8-9-14(15(17)20-4)16(12-13(2)3)21(18,19)10-11-22(5,6)7/h8,14H,1-2,9-12H2,3-7H3. The Kier molecular flexibility index (Phi) is 8.28. The molecule has 0 spiro atoms. The van der Waals surface area contributed by atoms with E-state index in [1.165, 1.54) is 17.5 Å². The number of hydrogen-bond donors (Lipinski definition) is 0. The van der Waals surface area contributed by atoms with Crippen molar-refractivity contribution < 1.29 is 17.9 Å². The number of esters is 1. The van der Waals surface area contributed by atoms with E-state index in [4.69, 9.17) is 4.74 Å². The zero-order valence-corrected chi connectivity index (χ0v) is 16.2. The maximum Gasteiger partial charge on any atom is 0.324 e. The van der Waals surface area contributed by atoms with Crippen LogP contribution in [-0.4, -0.2) is 52.2 Å². The second kappa shape index (κ2) is 8.64. The third-order valence-electron chi connectivity index (χ3n) is 3.10. The molecule has 0 fully saturated rings. The van der Waals surface area contributed by atoms with Crippen LogP contribution in [0.25, 0.3) is 0 Å². The van der Waals surface area contributed by atoms with E-state index >= 15 is 0 Å². The summed E-state index contributed by atoms with van der Waals surface area (Å²) in [6, 6.07) is -0.241. The number of sulfonamides is 1. The van der Waals surface area contributed by atoms with E-state index in [9.17, 15) is 13.2 Å². The summed E-state index contributed by atoms with van der Waals surface area (Å²) in [6.45, 7) is 15.6. The third kappa shape index (κ3) is 7.37. The molecule has 0 rings (SSSR count). The van der Waals surface area contributed by atoms with Gasteiger partial charge in [0.1, 0.15) is 6.04 Å². The van der Waals surface area contributed by atoms with Crippen molar-refractivity contribution in [2.75, 3.05) is 19.4 Å². The molecule has 0 heterocycles. The van der Waals surface area contributed by atoms with Gasteiger partial charge in [0.25, 0.3) is 0 Å². The predicted molar refractivity (Wildman–Crippen MR) is 94.1 cm³/mol. The van der Waals surface area contributed by atoms with Crippen LogP contribution >= 0.6 is 0 Å². The zero-order chi connectivity index (χ0) is 17.6. The first-order chi connectivity index (χ1) is 9.94. The van der Waals surface area contributed by atoms with E-state index in [0.29, 0.717) is 11.6 Å². The summed E-state index contributed by atoms with van der Waals surface area (Å²) in [5.41, 5.74) is 0.676. The monoisotopic (exact) mass is 347 g/mol. The van der Waals surface area contributed by atoms with Gasteiger partial charge in [0, 0.05) is 14.6 Å². The molecular formula is C15H29NO4SSi. The number of carbonyl (C=O) groups is 1. The largest absolute Gasteiger partial charge is 0.468 e. The fourth-order valence-electron chi connectivity index (χ4n) is 1.85. The van der Waals surface area contributed by atoms with Gasteiger partial charge < -0.3 is 4.74 Å². The van der Waals surface area contributed by atoms with Crippen LogP contribution in [0.15, 0.2) is 24.8 Å². The van der Waals surface area contributed by atoms with Crippen molar-refractivity contribution in [3.05, 3.63) is 24.8 Å². The Morgan fingerprint density at radius 2 is 1.91 bits per heavy atom. The first-order valence-electron chi connectivity index (χ1n) is 7.27. The normalized spacial score (nSPS) is 13.7. The molecule has 0 aliphatic carbocycles. The Morgan fingerprint density at radius 1 is 1.36 bits per heavy atom. The van der Waals surface area contributed by atoms with Crippen LogP contribution in [-0.2, 0) is 19.6 Å². The van der Waals surface area contributed by atoms with Crippen molar-refractivity contribution in [1.82, 2.24) is 4.31 Å². The lowest BCUT2D eigenvalue weighted by Crippen LogP contribution is -2.47. The molecule has 0 radical (unpaired) electrons. The van der Waals surface area contributed by atoms with Crippen molar-refractivity contribution in [3.63, 3.8) is 0 Å². The van der Waals surface area contributed by atoms with Gasteiger partial charge in [-0.25, -0.2) is 8.42 Å². The second-order valence-corrected chi connectivity index (χ2v) is 14.4. The van der Waals surface area contributed by atoms with Gasteiger partial charge in [0.2, 0.25) is 10.0 Å². The first-order valence-corrected chi connectivity index (χ1v) is 12.6. The minimum absolute atomic E-state index is 0.0423. The Morgan fingerprint density at radius 3 is 2.27 bits per heavy atom. The van der Waals surface area contributed by atoms with Crippen molar-refractivity contribution >= 4 is 24.1 Å². The smallest absolute Gasteiger partial charge is 0.324 e. The van der Waals surface area contributed by atoms with Gasteiger partial charge in [-0.3, -0.25) is 4.79 Å². The minimum Gasteiger partial charge on any atom is -0.468 e. The van der Waals surface area contributed by atoms with Crippen molar-refractivity contribution in [2.24, 2.45) is 0 Å². The Bertz CT molecular complexity index is 508. The molecule has 0 aromatic rings. The average molecular weight is 348 g/mol. The van der Waals surface area contributed by atoms with E-state index < -0.39 is 30.1 Å². The van der Waals surface area contributed by atoms with E-state index in [0.717, 1.165) is 0 Å². The molecule has 0 bridgehead atoms. The highest BCUT2D eigenvalue weighted by atomic mass is 32.2. The molecule has 1 atom stereocenters. The fraction of sp³-hybridized carbons (Fsp3) is 0.667. The Hall–Kier alpha value is -0.923. The SMILES string of the molecule is C=CCC(C(=O)OC)N(CC(=C)C)S(=O)(=O)CC[Si](C)(C)C. The molecule has 128 valence electrons.